The molecule has 8 nitrogen and oxygen atoms in total. The van der Waals surface area contributed by atoms with Crippen molar-refractivity contribution >= 4 is 11.8 Å². The zero-order valence-electron chi connectivity index (χ0n) is 18.9. The number of amides is 2. The van der Waals surface area contributed by atoms with Crippen LogP contribution < -0.4 is 19.5 Å². The molecule has 1 heterocycles. The van der Waals surface area contributed by atoms with Gasteiger partial charge in [-0.3, -0.25) is 14.5 Å². The Morgan fingerprint density at radius 3 is 2.22 bits per heavy atom. The molecule has 172 valence electrons. The van der Waals surface area contributed by atoms with Crippen LogP contribution in [0.2, 0.25) is 0 Å². The van der Waals surface area contributed by atoms with Crippen molar-refractivity contribution in [2.45, 2.75) is 13.0 Å². The highest BCUT2D eigenvalue weighted by molar-refractivity contribution is 5.97. The molecule has 0 spiro atoms. The molecule has 1 saturated heterocycles. The van der Waals surface area contributed by atoms with E-state index in [1.165, 1.54) is 26.9 Å². The highest BCUT2D eigenvalue weighted by Crippen LogP contribution is 2.38. The van der Waals surface area contributed by atoms with Crippen LogP contribution in [0.25, 0.3) is 0 Å². The molecule has 3 rings (SSSR count). The number of nitrogens with one attached hydrogen (secondary N) is 1. The third-order valence-electron chi connectivity index (χ3n) is 5.52. The zero-order valence-corrected chi connectivity index (χ0v) is 18.9. The van der Waals surface area contributed by atoms with E-state index in [0.29, 0.717) is 35.9 Å². The summed E-state index contributed by atoms with van der Waals surface area (Å²) in [6.07, 6.45) is 0.902. The van der Waals surface area contributed by atoms with Gasteiger partial charge in [0.25, 0.3) is 5.91 Å². The summed E-state index contributed by atoms with van der Waals surface area (Å²) in [7, 11) is 4.48. The standard InChI is InChI=1S/C24H31N3O5/c1-30-20-14-19(15-21(31-2)23(20)32-3)24(29)25-16-22(28)27-11-7-10-26(12-13-27)17-18-8-5-4-6-9-18/h4-6,8-9,14-15H,7,10-13,16-17H2,1-3H3,(H,25,29). The maximum Gasteiger partial charge on any atom is 0.251 e. The first-order valence-electron chi connectivity index (χ1n) is 10.7. The normalized spacial score (nSPS) is 14.4. The van der Waals surface area contributed by atoms with Crippen LogP contribution >= 0.6 is 0 Å². The third kappa shape index (κ3) is 5.91. The van der Waals surface area contributed by atoms with Crippen LogP contribution in [0.4, 0.5) is 0 Å². The van der Waals surface area contributed by atoms with Crippen LogP contribution in [0.5, 0.6) is 17.2 Å². The lowest BCUT2D eigenvalue weighted by molar-refractivity contribution is -0.130. The first-order chi connectivity index (χ1) is 15.5. The van der Waals surface area contributed by atoms with Gasteiger partial charge in [-0.25, -0.2) is 0 Å². The maximum absolute atomic E-state index is 12.7. The summed E-state index contributed by atoms with van der Waals surface area (Å²) in [5, 5.41) is 2.71. The number of benzene rings is 2. The lowest BCUT2D eigenvalue weighted by Crippen LogP contribution is -2.42. The van der Waals surface area contributed by atoms with Gasteiger partial charge >= 0.3 is 0 Å². The second-order valence-electron chi connectivity index (χ2n) is 7.59. The Labute approximate surface area is 189 Å². The van der Waals surface area contributed by atoms with Crippen LogP contribution in [0.1, 0.15) is 22.3 Å². The fraction of sp³-hybridized carbons (Fsp3) is 0.417. The van der Waals surface area contributed by atoms with Crippen molar-refractivity contribution in [3.63, 3.8) is 0 Å². The van der Waals surface area contributed by atoms with E-state index < -0.39 is 0 Å². The van der Waals surface area contributed by atoms with E-state index in [-0.39, 0.29) is 18.4 Å². The first-order valence-corrected chi connectivity index (χ1v) is 10.7. The molecule has 1 N–H and O–H groups in total. The highest BCUT2D eigenvalue weighted by Gasteiger charge is 2.21. The molecule has 32 heavy (non-hydrogen) atoms. The molecule has 0 aromatic heterocycles. The maximum atomic E-state index is 12.7. The minimum Gasteiger partial charge on any atom is -0.493 e. The van der Waals surface area contributed by atoms with Gasteiger partial charge in [-0.1, -0.05) is 30.3 Å². The Kier molecular flexibility index (Phi) is 8.33. The van der Waals surface area contributed by atoms with Crippen LogP contribution in [0.15, 0.2) is 42.5 Å². The summed E-state index contributed by atoms with van der Waals surface area (Å²) < 4.78 is 15.9. The van der Waals surface area contributed by atoms with E-state index in [4.69, 9.17) is 14.2 Å². The van der Waals surface area contributed by atoms with Crippen molar-refractivity contribution < 1.29 is 23.8 Å². The van der Waals surface area contributed by atoms with Crippen molar-refractivity contribution in [1.82, 2.24) is 15.1 Å². The van der Waals surface area contributed by atoms with E-state index >= 15 is 0 Å². The van der Waals surface area contributed by atoms with Gasteiger partial charge in [-0.2, -0.15) is 0 Å². The molecule has 0 radical (unpaired) electrons. The third-order valence-corrected chi connectivity index (χ3v) is 5.52. The topological polar surface area (TPSA) is 80.3 Å². The molecule has 0 aliphatic carbocycles. The second-order valence-corrected chi connectivity index (χ2v) is 7.59. The minimum absolute atomic E-state index is 0.0613. The molecule has 2 aromatic rings. The summed E-state index contributed by atoms with van der Waals surface area (Å²) >= 11 is 0. The number of hydrogen-bond acceptors (Lipinski definition) is 6. The number of nitrogens with zero attached hydrogens (tertiary/aromatic N) is 2. The predicted octanol–water partition coefficient (Wildman–Crippen LogP) is 2.18. The van der Waals surface area contributed by atoms with E-state index in [2.05, 4.69) is 22.3 Å². The molecule has 1 aliphatic heterocycles. The summed E-state index contributed by atoms with van der Waals surface area (Å²) in [5.41, 5.74) is 1.60. The van der Waals surface area contributed by atoms with Crippen LogP contribution in [0.3, 0.4) is 0 Å². The molecule has 1 fully saturated rings. The SMILES string of the molecule is COc1cc(C(=O)NCC(=O)N2CCCN(Cc3ccccc3)CC2)cc(OC)c1OC. The zero-order chi connectivity index (χ0) is 22.9. The molecule has 0 saturated carbocycles. The Morgan fingerprint density at radius 2 is 1.59 bits per heavy atom. The van der Waals surface area contributed by atoms with E-state index in [1.54, 1.807) is 12.1 Å². The number of ether oxygens (including phenoxy) is 3. The van der Waals surface area contributed by atoms with E-state index in [0.717, 1.165) is 26.1 Å². The lowest BCUT2D eigenvalue weighted by atomic mass is 10.1. The summed E-state index contributed by atoms with van der Waals surface area (Å²) in [4.78, 5) is 29.5. The fourth-order valence-electron chi connectivity index (χ4n) is 3.80. The monoisotopic (exact) mass is 441 g/mol. The smallest absolute Gasteiger partial charge is 0.251 e. The van der Waals surface area contributed by atoms with Crippen molar-refractivity contribution in [2.24, 2.45) is 0 Å². The lowest BCUT2D eigenvalue weighted by Gasteiger charge is -2.22. The number of carbonyl (C=O) groups excluding carboxylic acids is 2. The molecule has 0 atom stereocenters. The summed E-state index contributed by atoms with van der Waals surface area (Å²) in [5.74, 6) is 0.710. The Morgan fingerprint density at radius 1 is 0.906 bits per heavy atom. The Bertz CT molecular complexity index is 894. The minimum atomic E-state index is -0.377. The molecule has 8 heteroatoms. The van der Waals surface area contributed by atoms with Gasteiger partial charge in [0, 0.05) is 38.3 Å². The molecule has 1 aliphatic rings. The van der Waals surface area contributed by atoms with Gasteiger partial charge in [-0.15, -0.1) is 0 Å². The van der Waals surface area contributed by atoms with Crippen molar-refractivity contribution in [3.8, 4) is 17.2 Å². The van der Waals surface area contributed by atoms with Crippen LogP contribution in [-0.2, 0) is 11.3 Å². The Hall–Kier alpha value is -3.26. The highest BCUT2D eigenvalue weighted by atomic mass is 16.5. The molecular weight excluding hydrogens is 410 g/mol. The van der Waals surface area contributed by atoms with Crippen LogP contribution in [0, 0.1) is 0 Å². The van der Waals surface area contributed by atoms with Crippen molar-refractivity contribution in [2.75, 3.05) is 54.1 Å². The molecule has 0 unspecified atom stereocenters. The number of carbonyl (C=O) groups is 2. The largest absolute Gasteiger partial charge is 0.493 e. The summed E-state index contributed by atoms with van der Waals surface area (Å²) in [6.45, 7) is 3.89. The molecule has 2 amide bonds. The van der Waals surface area contributed by atoms with Crippen molar-refractivity contribution in [1.29, 1.82) is 0 Å². The Balaban J connectivity index is 1.54. The average Bonchev–Trinajstić information content (AvgIpc) is 3.07. The van der Waals surface area contributed by atoms with Gasteiger partial charge in [0.2, 0.25) is 11.7 Å². The van der Waals surface area contributed by atoms with Crippen molar-refractivity contribution in [3.05, 3.63) is 53.6 Å². The summed E-state index contributed by atoms with van der Waals surface area (Å²) in [6, 6.07) is 13.5. The number of hydrogen-bond donors (Lipinski definition) is 1. The predicted molar refractivity (Wildman–Crippen MR) is 121 cm³/mol. The molecular formula is C24H31N3O5. The quantitative estimate of drug-likeness (QED) is 0.676. The van der Waals surface area contributed by atoms with Gasteiger partial charge in [0.15, 0.2) is 11.5 Å². The van der Waals surface area contributed by atoms with Gasteiger partial charge < -0.3 is 24.4 Å². The van der Waals surface area contributed by atoms with Gasteiger partial charge in [0.1, 0.15) is 0 Å². The van der Waals surface area contributed by atoms with Gasteiger partial charge in [0.05, 0.1) is 27.9 Å². The molecule has 2 aromatic carbocycles. The second kappa shape index (κ2) is 11.4. The average molecular weight is 442 g/mol. The van der Waals surface area contributed by atoms with E-state index in [9.17, 15) is 9.59 Å². The first kappa shape index (κ1) is 23.4. The van der Waals surface area contributed by atoms with Crippen LogP contribution in [-0.4, -0.2) is 75.7 Å². The number of methoxy groups -OCH3 is 3. The number of rotatable bonds is 8. The fourth-order valence-corrected chi connectivity index (χ4v) is 3.80. The van der Waals surface area contributed by atoms with Gasteiger partial charge in [-0.05, 0) is 24.1 Å². The molecule has 0 bridgehead atoms. The van der Waals surface area contributed by atoms with E-state index in [1.807, 2.05) is 23.1 Å².